The van der Waals surface area contributed by atoms with E-state index in [4.69, 9.17) is 13.6 Å². The van der Waals surface area contributed by atoms with Gasteiger partial charge in [0.25, 0.3) is 0 Å². The van der Waals surface area contributed by atoms with E-state index in [2.05, 4.69) is 15.6 Å². The Balaban J connectivity index is 1.57. The van der Waals surface area contributed by atoms with Crippen LogP contribution in [0.5, 0.6) is 5.75 Å². The van der Waals surface area contributed by atoms with Gasteiger partial charge in [-0.25, -0.2) is 9.78 Å². The Labute approximate surface area is 161 Å². The number of carbonyl (C=O) groups excluding carboxylic acids is 1. The summed E-state index contributed by atoms with van der Waals surface area (Å²) in [6.07, 6.45) is 1.56. The van der Waals surface area contributed by atoms with Crippen molar-refractivity contribution in [1.29, 1.82) is 0 Å². The van der Waals surface area contributed by atoms with Gasteiger partial charge in [0.15, 0.2) is 5.58 Å². The molecule has 0 aliphatic carbocycles. The number of aromatic nitrogens is 1. The fraction of sp³-hybridized carbons (Fsp3) is 0.143. The molecule has 4 aromatic rings. The maximum absolute atomic E-state index is 12.2. The van der Waals surface area contributed by atoms with E-state index in [1.165, 1.54) is 0 Å². The molecule has 0 aliphatic rings. The molecule has 0 spiro atoms. The van der Waals surface area contributed by atoms with Crippen LogP contribution in [0.1, 0.15) is 11.3 Å². The zero-order valence-electron chi connectivity index (χ0n) is 15.5. The molecule has 0 atom stereocenters. The molecule has 0 bridgehead atoms. The van der Waals surface area contributed by atoms with Gasteiger partial charge in [-0.2, -0.15) is 0 Å². The lowest BCUT2D eigenvalue weighted by Gasteiger charge is -2.11. The van der Waals surface area contributed by atoms with E-state index in [1.54, 1.807) is 37.6 Å². The second-order valence-electron chi connectivity index (χ2n) is 6.29. The third kappa shape index (κ3) is 3.68. The van der Waals surface area contributed by atoms with Crippen LogP contribution >= 0.6 is 0 Å². The van der Waals surface area contributed by atoms with Crippen LogP contribution in [0.4, 0.5) is 10.5 Å². The van der Waals surface area contributed by atoms with Gasteiger partial charge in [-0.05, 0) is 55.0 Å². The zero-order valence-corrected chi connectivity index (χ0v) is 15.5. The van der Waals surface area contributed by atoms with Crippen LogP contribution in [0.3, 0.4) is 0 Å². The molecular weight excluding hydrogens is 358 g/mol. The van der Waals surface area contributed by atoms with Crippen molar-refractivity contribution in [2.45, 2.75) is 13.5 Å². The first-order valence-electron chi connectivity index (χ1n) is 8.75. The number of ether oxygens (including phenoxy) is 1. The van der Waals surface area contributed by atoms with Crippen LogP contribution in [0.15, 0.2) is 63.6 Å². The number of carbonyl (C=O) groups is 1. The Kier molecular flexibility index (Phi) is 4.72. The molecule has 7 heteroatoms. The van der Waals surface area contributed by atoms with Crippen molar-refractivity contribution in [3.05, 3.63) is 66.1 Å². The number of hydrogen-bond donors (Lipinski definition) is 2. The summed E-state index contributed by atoms with van der Waals surface area (Å²) in [4.78, 5) is 16.8. The summed E-state index contributed by atoms with van der Waals surface area (Å²) < 4.78 is 16.4. The summed E-state index contributed by atoms with van der Waals surface area (Å²) in [5.41, 5.74) is 3.85. The summed E-state index contributed by atoms with van der Waals surface area (Å²) in [5, 5.41) is 5.52. The van der Waals surface area contributed by atoms with Crippen molar-refractivity contribution in [2.24, 2.45) is 0 Å². The predicted octanol–water partition coefficient (Wildman–Crippen LogP) is 4.73. The summed E-state index contributed by atoms with van der Waals surface area (Å²) in [6, 6.07) is 14.4. The first kappa shape index (κ1) is 17.7. The Morgan fingerprint density at radius 3 is 2.86 bits per heavy atom. The molecule has 0 fully saturated rings. The van der Waals surface area contributed by atoms with Gasteiger partial charge in [0.05, 0.1) is 25.6 Å². The van der Waals surface area contributed by atoms with Gasteiger partial charge in [-0.3, -0.25) is 0 Å². The quantitative estimate of drug-likeness (QED) is 0.525. The summed E-state index contributed by atoms with van der Waals surface area (Å²) in [5.74, 6) is 1.67. The summed E-state index contributed by atoms with van der Waals surface area (Å²) >= 11 is 0. The van der Waals surface area contributed by atoms with Crippen molar-refractivity contribution in [2.75, 3.05) is 12.4 Å². The van der Waals surface area contributed by atoms with Crippen LogP contribution in [-0.2, 0) is 6.54 Å². The number of nitrogens with zero attached hydrogens (tertiary/aromatic N) is 1. The number of urea groups is 1. The molecule has 2 N–H and O–H groups in total. The topological polar surface area (TPSA) is 89.5 Å². The molecular formula is C21H19N3O4. The largest absolute Gasteiger partial charge is 0.495 e. The monoisotopic (exact) mass is 377 g/mol. The molecule has 2 aromatic heterocycles. The van der Waals surface area contributed by atoms with Gasteiger partial charge < -0.3 is 24.2 Å². The van der Waals surface area contributed by atoms with Crippen LogP contribution in [0.2, 0.25) is 0 Å². The minimum Gasteiger partial charge on any atom is -0.495 e. The van der Waals surface area contributed by atoms with Crippen LogP contribution in [0.25, 0.3) is 22.6 Å². The molecule has 0 saturated carbocycles. The SMILES string of the molecule is COc1ccc(-c2nc3cc(C)ccc3o2)cc1NC(=O)NCc1ccco1. The molecule has 0 radical (unpaired) electrons. The highest BCUT2D eigenvalue weighted by Crippen LogP contribution is 2.32. The Hall–Kier alpha value is -3.74. The molecule has 0 saturated heterocycles. The molecule has 0 aliphatic heterocycles. The fourth-order valence-corrected chi connectivity index (χ4v) is 2.85. The van der Waals surface area contributed by atoms with Crippen molar-refractivity contribution in [1.82, 2.24) is 10.3 Å². The van der Waals surface area contributed by atoms with Gasteiger partial charge in [0, 0.05) is 5.56 Å². The second-order valence-corrected chi connectivity index (χ2v) is 6.29. The van der Waals surface area contributed by atoms with Crippen LogP contribution < -0.4 is 15.4 Å². The minimum absolute atomic E-state index is 0.283. The average molecular weight is 377 g/mol. The van der Waals surface area contributed by atoms with Gasteiger partial charge in [-0.1, -0.05) is 6.07 Å². The van der Waals surface area contributed by atoms with Gasteiger partial charge in [0.2, 0.25) is 5.89 Å². The molecule has 2 amide bonds. The first-order valence-corrected chi connectivity index (χ1v) is 8.75. The summed E-state index contributed by atoms with van der Waals surface area (Å²) in [6.45, 7) is 2.29. The van der Waals surface area contributed by atoms with E-state index in [0.717, 1.165) is 16.6 Å². The Morgan fingerprint density at radius 2 is 2.07 bits per heavy atom. The lowest BCUT2D eigenvalue weighted by molar-refractivity contribution is 0.250. The predicted molar refractivity (Wildman–Crippen MR) is 105 cm³/mol. The number of methoxy groups -OCH3 is 1. The lowest BCUT2D eigenvalue weighted by atomic mass is 10.2. The fourth-order valence-electron chi connectivity index (χ4n) is 2.85. The number of fused-ring (bicyclic) bond motifs is 1. The molecule has 7 nitrogen and oxygen atoms in total. The average Bonchev–Trinajstić information content (AvgIpc) is 3.35. The van der Waals surface area contributed by atoms with Gasteiger partial charge >= 0.3 is 6.03 Å². The Bertz CT molecular complexity index is 1120. The Morgan fingerprint density at radius 1 is 1.18 bits per heavy atom. The van der Waals surface area contributed by atoms with E-state index in [0.29, 0.717) is 28.7 Å². The van der Waals surface area contributed by atoms with Gasteiger partial charge in [-0.15, -0.1) is 0 Å². The van der Waals surface area contributed by atoms with E-state index < -0.39 is 0 Å². The molecule has 2 heterocycles. The number of hydrogen-bond acceptors (Lipinski definition) is 5. The number of oxazole rings is 1. The normalized spacial score (nSPS) is 10.8. The second kappa shape index (κ2) is 7.48. The third-order valence-corrected chi connectivity index (χ3v) is 4.24. The molecule has 2 aromatic carbocycles. The number of rotatable bonds is 5. The smallest absolute Gasteiger partial charge is 0.319 e. The maximum atomic E-state index is 12.2. The highest BCUT2D eigenvalue weighted by Gasteiger charge is 2.13. The van der Waals surface area contributed by atoms with E-state index in [1.807, 2.05) is 31.2 Å². The molecule has 0 unspecified atom stereocenters. The van der Waals surface area contributed by atoms with Crippen molar-refractivity contribution in [3.63, 3.8) is 0 Å². The zero-order chi connectivity index (χ0) is 19.5. The van der Waals surface area contributed by atoms with Crippen molar-refractivity contribution in [3.8, 4) is 17.2 Å². The number of benzene rings is 2. The van der Waals surface area contributed by atoms with Crippen LogP contribution in [0, 0.1) is 6.92 Å². The number of anilines is 1. The standard InChI is InChI=1S/C21H19N3O4/c1-13-5-7-19-16(10-13)23-20(28-19)14-6-8-18(26-2)17(11-14)24-21(25)22-12-15-4-3-9-27-15/h3-11H,12H2,1-2H3,(H2,22,24,25). The maximum Gasteiger partial charge on any atom is 0.319 e. The number of furan rings is 1. The van der Waals surface area contributed by atoms with E-state index >= 15 is 0 Å². The highest BCUT2D eigenvalue weighted by atomic mass is 16.5. The van der Waals surface area contributed by atoms with E-state index in [9.17, 15) is 4.79 Å². The number of nitrogens with one attached hydrogen (secondary N) is 2. The first-order chi connectivity index (χ1) is 13.6. The molecule has 4 rings (SSSR count). The third-order valence-electron chi connectivity index (χ3n) is 4.24. The van der Waals surface area contributed by atoms with Gasteiger partial charge in [0.1, 0.15) is 17.0 Å². The summed E-state index contributed by atoms with van der Waals surface area (Å²) in [7, 11) is 1.54. The van der Waals surface area contributed by atoms with Crippen molar-refractivity contribution < 1.29 is 18.4 Å². The number of amides is 2. The van der Waals surface area contributed by atoms with Crippen molar-refractivity contribution >= 4 is 22.8 Å². The number of aryl methyl sites for hydroxylation is 1. The lowest BCUT2D eigenvalue weighted by Crippen LogP contribution is -2.28. The highest BCUT2D eigenvalue weighted by molar-refractivity contribution is 5.92. The van der Waals surface area contributed by atoms with Crippen LogP contribution in [-0.4, -0.2) is 18.1 Å². The van der Waals surface area contributed by atoms with E-state index in [-0.39, 0.29) is 12.6 Å². The molecule has 28 heavy (non-hydrogen) atoms. The molecule has 142 valence electrons. The minimum atomic E-state index is -0.375.